The van der Waals surface area contributed by atoms with Gasteiger partial charge in [-0.3, -0.25) is 14.3 Å². The average molecular weight is 493 g/mol. The number of fused-ring (bicyclic) bond motifs is 1. The third-order valence-electron chi connectivity index (χ3n) is 7.09. The van der Waals surface area contributed by atoms with Crippen LogP contribution in [-0.2, 0) is 11.3 Å². The van der Waals surface area contributed by atoms with Crippen LogP contribution in [0.15, 0.2) is 41.5 Å². The van der Waals surface area contributed by atoms with Crippen LogP contribution in [0.5, 0.6) is 0 Å². The smallest absolute Gasteiger partial charge is 0.407 e. The molecule has 36 heavy (non-hydrogen) atoms. The van der Waals surface area contributed by atoms with E-state index < -0.39 is 6.09 Å². The lowest BCUT2D eigenvalue weighted by Crippen LogP contribution is -2.55. The van der Waals surface area contributed by atoms with Gasteiger partial charge in [-0.1, -0.05) is 18.2 Å². The van der Waals surface area contributed by atoms with Crippen LogP contribution in [0.3, 0.4) is 0 Å². The summed E-state index contributed by atoms with van der Waals surface area (Å²) in [5.41, 5.74) is 1.19. The van der Waals surface area contributed by atoms with Gasteiger partial charge >= 0.3 is 6.09 Å². The molecule has 0 bridgehead atoms. The molecule has 2 aliphatic carbocycles. The molecule has 190 valence electrons. The van der Waals surface area contributed by atoms with Gasteiger partial charge in [-0.15, -0.1) is 0 Å². The number of aromatic nitrogens is 4. The number of ether oxygens (including phenoxy) is 1. The summed E-state index contributed by atoms with van der Waals surface area (Å²) in [6, 6.07) is 7.75. The zero-order chi connectivity index (χ0) is 25.5. The third-order valence-corrected chi connectivity index (χ3v) is 7.09. The van der Waals surface area contributed by atoms with Gasteiger partial charge in [0.05, 0.1) is 29.4 Å². The van der Waals surface area contributed by atoms with Crippen LogP contribution in [0, 0.1) is 5.41 Å². The van der Waals surface area contributed by atoms with Gasteiger partial charge in [0, 0.05) is 29.1 Å². The number of hydrogen-bond acceptors (Lipinski definition) is 6. The predicted octanol–water partition coefficient (Wildman–Crippen LogP) is 3.10. The fourth-order valence-electron chi connectivity index (χ4n) is 5.49. The molecule has 0 aliphatic heterocycles. The lowest BCUT2D eigenvalue weighted by atomic mass is 9.49. The highest BCUT2D eigenvalue weighted by Gasteiger charge is 2.54. The summed E-state index contributed by atoms with van der Waals surface area (Å²) in [4.78, 5) is 36.5. The van der Waals surface area contributed by atoms with Crippen molar-refractivity contribution >= 4 is 22.8 Å². The lowest BCUT2D eigenvalue weighted by molar-refractivity contribution is -0.0196. The SMILES string of the molecule is CC(C)(C)NC(=O)OCCn1cc(C(=O)NC2CC3(C2)CC(c2n[nH]c(=O)c4ccccc24)C3)cn1. The van der Waals surface area contributed by atoms with Gasteiger partial charge in [0.2, 0.25) is 0 Å². The van der Waals surface area contributed by atoms with Crippen LogP contribution >= 0.6 is 0 Å². The zero-order valence-corrected chi connectivity index (χ0v) is 20.8. The molecule has 10 heteroatoms. The van der Waals surface area contributed by atoms with Gasteiger partial charge in [0.1, 0.15) is 6.61 Å². The van der Waals surface area contributed by atoms with Gasteiger partial charge < -0.3 is 15.4 Å². The Kier molecular flexibility index (Phi) is 6.05. The molecule has 0 unspecified atom stereocenters. The number of benzene rings is 1. The molecule has 2 heterocycles. The molecule has 2 amide bonds. The minimum atomic E-state index is -0.478. The molecule has 1 aromatic carbocycles. The van der Waals surface area contributed by atoms with E-state index in [1.165, 1.54) is 6.20 Å². The normalized spacial score (nSPS) is 23.1. The molecular weight excluding hydrogens is 460 g/mol. The van der Waals surface area contributed by atoms with Crippen molar-refractivity contribution < 1.29 is 14.3 Å². The summed E-state index contributed by atoms with van der Waals surface area (Å²) in [6.07, 6.45) is 6.65. The van der Waals surface area contributed by atoms with Crippen molar-refractivity contribution in [2.75, 3.05) is 6.61 Å². The summed E-state index contributed by atoms with van der Waals surface area (Å²) in [5.74, 6) is 0.186. The number of nitrogens with one attached hydrogen (secondary N) is 3. The van der Waals surface area contributed by atoms with Gasteiger partial charge in [0.15, 0.2) is 0 Å². The van der Waals surface area contributed by atoms with E-state index in [1.54, 1.807) is 10.9 Å². The minimum absolute atomic E-state index is 0.142. The minimum Gasteiger partial charge on any atom is -0.448 e. The summed E-state index contributed by atoms with van der Waals surface area (Å²) in [6.45, 7) is 6.17. The van der Waals surface area contributed by atoms with Crippen molar-refractivity contribution in [2.45, 2.75) is 70.5 Å². The molecule has 1 spiro atoms. The van der Waals surface area contributed by atoms with Crippen molar-refractivity contribution in [1.82, 2.24) is 30.6 Å². The Labute approximate surface area is 208 Å². The molecule has 3 N–H and O–H groups in total. The Hall–Kier alpha value is -3.69. The fourth-order valence-corrected chi connectivity index (χ4v) is 5.49. The number of H-pyrrole nitrogens is 1. The number of alkyl carbamates (subject to hydrolysis) is 1. The fraction of sp³-hybridized carbons (Fsp3) is 0.500. The monoisotopic (exact) mass is 492 g/mol. The average Bonchev–Trinajstić information content (AvgIpc) is 3.23. The Morgan fingerprint density at radius 3 is 2.61 bits per heavy atom. The summed E-state index contributed by atoms with van der Waals surface area (Å²) in [7, 11) is 0. The van der Waals surface area contributed by atoms with Crippen molar-refractivity contribution in [2.24, 2.45) is 5.41 Å². The maximum atomic E-state index is 12.7. The van der Waals surface area contributed by atoms with Gasteiger partial charge in [-0.05, 0) is 57.9 Å². The van der Waals surface area contributed by atoms with Crippen LogP contribution < -0.4 is 16.2 Å². The molecule has 3 aromatic rings. The Morgan fingerprint density at radius 1 is 1.17 bits per heavy atom. The Bertz CT molecular complexity index is 1340. The molecule has 2 fully saturated rings. The maximum Gasteiger partial charge on any atom is 0.407 e. The molecule has 2 aliphatic rings. The van der Waals surface area contributed by atoms with Crippen LogP contribution in [0.1, 0.15) is 68.4 Å². The van der Waals surface area contributed by atoms with Crippen LogP contribution in [0.2, 0.25) is 0 Å². The Morgan fingerprint density at radius 2 is 1.89 bits per heavy atom. The molecule has 0 radical (unpaired) electrons. The van der Waals surface area contributed by atoms with Crippen molar-refractivity contribution in [3.63, 3.8) is 0 Å². The van der Waals surface area contributed by atoms with E-state index in [0.717, 1.165) is 36.8 Å². The molecular formula is C26H32N6O4. The maximum absolute atomic E-state index is 12.7. The first-order chi connectivity index (χ1) is 17.1. The van der Waals surface area contributed by atoms with Crippen molar-refractivity contribution in [1.29, 1.82) is 0 Å². The number of aromatic amines is 1. The highest BCUT2D eigenvalue weighted by molar-refractivity contribution is 5.94. The Balaban J connectivity index is 1.08. The molecule has 0 atom stereocenters. The van der Waals surface area contributed by atoms with Gasteiger partial charge in [-0.25, -0.2) is 9.89 Å². The van der Waals surface area contributed by atoms with E-state index in [0.29, 0.717) is 23.4 Å². The van der Waals surface area contributed by atoms with Crippen LogP contribution in [0.25, 0.3) is 10.8 Å². The largest absolute Gasteiger partial charge is 0.448 e. The third kappa shape index (κ3) is 4.98. The van der Waals surface area contributed by atoms with E-state index in [9.17, 15) is 14.4 Å². The van der Waals surface area contributed by atoms with E-state index in [1.807, 2.05) is 45.0 Å². The highest BCUT2D eigenvalue weighted by atomic mass is 16.5. The van der Waals surface area contributed by atoms with Crippen molar-refractivity contribution in [3.05, 3.63) is 58.3 Å². The van der Waals surface area contributed by atoms with E-state index in [-0.39, 0.29) is 35.1 Å². The van der Waals surface area contributed by atoms with Crippen LogP contribution in [0.4, 0.5) is 4.79 Å². The number of nitrogens with zero attached hydrogens (tertiary/aromatic N) is 3. The number of carbonyl (C=O) groups excluding carboxylic acids is 2. The summed E-state index contributed by atoms with van der Waals surface area (Å²) < 4.78 is 6.76. The lowest BCUT2D eigenvalue weighted by Gasteiger charge is -2.57. The second kappa shape index (κ2) is 9.07. The summed E-state index contributed by atoms with van der Waals surface area (Å²) in [5, 5.41) is 18.7. The number of carbonyl (C=O) groups is 2. The van der Waals surface area contributed by atoms with E-state index in [2.05, 4.69) is 25.9 Å². The van der Waals surface area contributed by atoms with Crippen LogP contribution in [-0.4, -0.2) is 50.2 Å². The first kappa shape index (κ1) is 24.0. The number of amides is 2. The molecule has 2 aromatic heterocycles. The molecule has 2 saturated carbocycles. The number of rotatable bonds is 6. The standard InChI is InChI=1S/C26H32N6O4/c1-25(2,3)29-24(35)36-9-8-32-15-17(14-27-32)22(33)28-18-12-26(13-18)10-16(11-26)21-19-6-4-5-7-20(19)23(34)31-30-21/h4-7,14-16,18H,8-13H2,1-3H3,(H,28,33)(H,29,35)(H,31,34). The second-order valence-electron chi connectivity index (χ2n) is 11.2. The topological polar surface area (TPSA) is 131 Å². The molecule has 5 rings (SSSR count). The second-order valence-corrected chi connectivity index (χ2v) is 11.2. The van der Waals surface area contributed by atoms with E-state index in [4.69, 9.17) is 4.74 Å². The first-order valence-electron chi connectivity index (χ1n) is 12.4. The zero-order valence-electron chi connectivity index (χ0n) is 20.8. The molecule has 0 saturated heterocycles. The molecule has 10 nitrogen and oxygen atoms in total. The van der Waals surface area contributed by atoms with Crippen molar-refractivity contribution in [3.8, 4) is 0 Å². The van der Waals surface area contributed by atoms with E-state index >= 15 is 0 Å². The predicted molar refractivity (Wildman–Crippen MR) is 134 cm³/mol. The highest BCUT2D eigenvalue weighted by Crippen LogP contribution is 2.62. The first-order valence-corrected chi connectivity index (χ1v) is 12.4. The summed E-state index contributed by atoms with van der Waals surface area (Å²) >= 11 is 0. The van der Waals surface area contributed by atoms with Gasteiger partial charge in [0.25, 0.3) is 11.5 Å². The number of hydrogen-bond donors (Lipinski definition) is 3. The van der Waals surface area contributed by atoms with Gasteiger partial charge in [-0.2, -0.15) is 10.2 Å². The quantitative estimate of drug-likeness (QED) is 0.485.